The molecular weight excluding hydrogens is 198 g/mol. The van der Waals surface area contributed by atoms with Crippen LogP contribution in [-0.2, 0) is 6.42 Å². The van der Waals surface area contributed by atoms with Crippen LogP contribution in [0.4, 0.5) is 0 Å². The largest absolute Gasteiger partial charge is 0.393 e. The molecule has 1 aromatic rings. The maximum Gasteiger partial charge on any atom is 0.0598 e. The van der Waals surface area contributed by atoms with Crippen molar-refractivity contribution in [2.24, 2.45) is 5.92 Å². The van der Waals surface area contributed by atoms with Crippen molar-refractivity contribution in [1.82, 2.24) is 4.98 Å². The zero-order valence-electron chi connectivity index (χ0n) is 10.0. The average molecular weight is 219 g/mol. The normalized spacial score (nSPS) is 18.9. The van der Waals surface area contributed by atoms with E-state index in [1.807, 2.05) is 19.2 Å². The van der Waals surface area contributed by atoms with E-state index in [2.05, 4.69) is 11.1 Å². The maximum atomic E-state index is 9.99. The number of aliphatic hydroxyl groups excluding tert-OH is 1. The topological polar surface area (TPSA) is 33.1 Å². The number of aliphatic hydroxyl groups is 1. The van der Waals surface area contributed by atoms with Gasteiger partial charge in [0.2, 0.25) is 0 Å². The fourth-order valence-corrected chi connectivity index (χ4v) is 2.57. The van der Waals surface area contributed by atoms with Gasteiger partial charge in [-0.3, -0.25) is 4.98 Å². The van der Waals surface area contributed by atoms with Crippen LogP contribution in [0.5, 0.6) is 0 Å². The van der Waals surface area contributed by atoms with Gasteiger partial charge in [0.1, 0.15) is 0 Å². The number of nitrogens with zero attached hydrogens (tertiary/aromatic N) is 1. The first-order valence-electron chi connectivity index (χ1n) is 6.33. The van der Waals surface area contributed by atoms with E-state index in [-0.39, 0.29) is 6.10 Å². The molecule has 1 unspecified atom stereocenters. The van der Waals surface area contributed by atoms with E-state index in [9.17, 15) is 5.11 Å². The molecule has 1 saturated carbocycles. The van der Waals surface area contributed by atoms with Crippen LogP contribution >= 0.6 is 0 Å². The van der Waals surface area contributed by atoms with Crippen LogP contribution in [0.1, 0.15) is 43.4 Å². The molecule has 2 nitrogen and oxygen atoms in total. The lowest BCUT2D eigenvalue weighted by Gasteiger charge is -2.14. The van der Waals surface area contributed by atoms with Gasteiger partial charge in [-0.1, -0.05) is 31.7 Å². The number of rotatable bonds is 4. The zero-order chi connectivity index (χ0) is 11.4. The molecular formula is C14H21NO. The Balaban J connectivity index is 1.81. The summed E-state index contributed by atoms with van der Waals surface area (Å²) in [6.07, 6.45) is 8.62. The van der Waals surface area contributed by atoms with Crippen LogP contribution in [0.3, 0.4) is 0 Å². The van der Waals surface area contributed by atoms with Crippen LogP contribution in [0.2, 0.25) is 0 Å². The van der Waals surface area contributed by atoms with Gasteiger partial charge in [0.25, 0.3) is 0 Å². The minimum absolute atomic E-state index is 0.210. The number of aromatic nitrogens is 1. The van der Waals surface area contributed by atoms with Crippen LogP contribution < -0.4 is 0 Å². The highest BCUT2D eigenvalue weighted by atomic mass is 16.3. The van der Waals surface area contributed by atoms with Gasteiger partial charge in [-0.25, -0.2) is 0 Å². The Bertz CT molecular complexity index is 314. The molecule has 0 saturated heterocycles. The van der Waals surface area contributed by atoms with Gasteiger partial charge in [0.15, 0.2) is 0 Å². The molecule has 0 aliphatic heterocycles. The fourth-order valence-electron chi connectivity index (χ4n) is 2.57. The summed E-state index contributed by atoms with van der Waals surface area (Å²) in [5, 5.41) is 9.99. The smallest absolute Gasteiger partial charge is 0.0598 e. The summed E-state index contributed by atoms with van der Waals surface area (Å²) >= 11 is 0. The number of hydrogen-bond acceptors (Lipinski definition) is 2. The van der Waals surface area contributed by atoms with Crippen LogP contribution in [0.15, 0.2) is 18.3 Å². The van der Waals surface area contributed by atoms with Crippen molar-refractivity contribution in [1.29, 1.82) is 0 Å². The van der Waals surface area contributed by atoms with E-state index in [0.717, 1.165) is 18.0 Å². The Labute approximate surface area is 97.7 Å². The molecule has 0 spiro atoms. The quantitative estimate of drug-likeness (QED) is 0.844. The minimum atomic E-state index is -0.210. The lowest BCUT2D eigenvalue weighted by atomic mass is 9.97. The summed E-state index contributed by atoms with van der Waals surface area (Å²) in [5.41, 5.74) is 2.19. The van der Waals surface area contributed by atoms with Crippen LogP contribution in [0.25, 0.3) is 0 Å². The summed E-state index contributed by atoms with van der Waals surface area (Å²) < 4.78 is 0. The van der Waals surface area contributed by atoms with Crippen molar-refractivity contribution in [2.45, 2.75) is 51.6 Å². The second kappa shape index (κ2) is 5.44. The molecule has 1 atom stereocenters. The van der Waals surface area contributed by atoms with Gasteiger partial charge in [-0.15, -0.1) is 0 Å². The molecule has 1 N–H and O–H groups in total. The van der Waals surface area contributed by atoms with E-state index < -0.39 is 0 Å². The Morgan fingerprint density at radius 2 is 2.12 bits per heavy atom. The predicted molar refractivity (Wildman–Crippen MR) is 65.3 cm³/mol. The molecule has 88 valence electrons. The van der Waals surface area contributed by atoms with Gasteiger partial charge in [-0.05, 0) is 30.9 Å². The Morgan fingerprint density at radius 3 is 2.75 bits per heavy atom. The maximum absolute atomic E-state index is 9.99. The van der Waals surface area contributed by atoms with Gasteiger partial charge < -0.3 is 5.11 Å². The standard InChI is InChI=1S/C14H21NO/c1-11-6-7-13(15-10-11)9-14(16)8-12-4-2-3-5-12/h6-7,10,12,14,16H,2-5,8-9H2,1H3. The van der Waals surface area contributed by atoms with E-state index >= 15 is 0 Å². The van der Waals surface area contributed by atoms with Crippen molar-refractivity contribution in [3.05, 3.63) is 29.6 Å². The van der Waals surface area contributed by atoms with Crippen LogP contribution in [-0.4, -0.2) is 16.2 Å². The lowest BCUT2D eigenvalue weighted by molar-refractivity contribution is 0.142. The van der Waals surface area contributed by atoms with Gasteiger partial charge in [-0.2, -0.15) is 0 Å². The highest BCUT2D eigenvalue weighted by Crippen LogP contribution is 2.29. The van der Waals surface area contributed by atoms with E-state index in [4.69, 9.17) is 0 Å². The minimum Gasteiger partial charge on any atom is -0.393 e. The summed E-state index contributed by atoms with van der Waals surface area (Å²) in [6, 6.07) is 4.08. The molecule has 1 fully saturated rings. The first-order chi connectivity index (χ1) is 7.74. The van der Waals surface area contributed by atoms with Gasteiger partial charge in [0, 0.05) is 18.3 Å². The lowest BCUT2D eigenvalue weighted by Crippen LogP contribution is -2.15. The number of aryl methyl sites for hydroxylation is 1. The molecule has 1 aliphatic carbocycles. The first kappa shape index (κ1) is 11.6. The average Bonchev–Trinajstić information content (AvgIpc) is 2.74. The van der Waals surface area contributed by atoms with Crippen molar-refractivity contribution in [3.8, 4) is 0 Å². The van der Waals surface area contributed by atoms with Gasteiger partial charge >= 0.3 is 0 Å². The van der Waals surface area contributed by atoms with Crippen molar-refractivity contribution in [2.75, 3.05) is 0 Å². The Hall–Kier alpha value is -0.890. The van der Waals surface area contributed by atoms with E-state index in [0.29, 0.717) is 6.42 Å². The highest BCUT2D eigenvalue weighted by molar-refractivity contribution is 5.12. The van der Waals surface area contributed by atoms with Gasteiger partial charge in [0.05, 0.1) is 6.10 Å². The Kier molecular flexibility index (Phi) is 3.94. The van der Waals surface area contributed by atoms with E-state index in [1.165, 1.54) is 31.2 Å². The molecule has 1 heterocycles. The summed E-state index contributed by atoms with van der Waals surface area (Å²) in [7, 11) is 0. The summed E-state index contributed by atoms with van der Waals surface area (Å²) in [6.45, 7) is 2.03. The molecule has 0 bridgehead atoms. The predicted octanol–water partition coefficient (Wildman–Crippen LogP) is 2.87. The number of pyridine rings is 1. The van der Waals surface area contributed by atoms with Crippen molar-refractivity contribution >= 4 is 0 Å². The summed E-state index contributed by atoms with van der Waals surface area (Å²) in [5.74, 6) is 0.750. The molecule has 16 heavy (non-hydrogen) atoms. The first-order valence-corrected chi connectivity index (χ1v) is 6.33. The number of hydrogen-bond donors (Lipinski definition) is 1. The SMILES string of the molecule is Cc1ccc(CC(O)CC2CCCC2)nc1. The van der Waals surface area contributed by atoms with Crippen molar-refractivity contribution < 1.29 is 5.11 Å². The Morgan fingerprint density at radius 1 is 1.38 bits per heavy atom. The van der Waals surface area contributed by atoms with E-state index in [1.54, 1.807) is 0 Å². The third-order valence-corrected chi connectivity index (χ3v) is 3.50. The molecule has 0 aromatic carbocycles. The molecule has 2 heteroatoms. The second-order valence-corrected chi connectivity index (χ2v) is 5.07. The summed E-state index contributed by atoms with van der Waals surface area (Å²) in [4.78, 5) is 4.33. The molecule has 2 rings (SSSR count). The molecule has 0 radical (unpaired) electrons. The molecule has 1 aliphatic rings. The zero-order valence-corrected chi connectivity index (χ0v) is 10.0. The second-order valence-electron chi connectivity index (χ2n) is 5.07. The molecule has 1 aromatic heterocycles. The highest BCUT2D eigenvalue weighted by Gasteiger charge is 2.19. The third-order valence-electron chi connectivity index (χ3n) is 3.50. The molecule has 0 amide bonds. The van der Waals surface area contributed by atoms with Crippen LogP contribution in [0, 0.1) is 12.8 Å². The fraction of sp³-hybridized carbons (Fsp3) is 0.643. The monoisotopic (exact) mass is 219 g/mol. The third kappa shape index (κ3) is 3.31. The van der Waals surface area contributed by atoms with Crippen molar-refractivity contribution in [3.63, 3.8) is 0 Å².